The fourth-order valence-corrected chi connectivity index (χ4v) is 2.44. The van der Waals surface area contributed by atoms with Crippen LogP contribution in [0.5, 0.6) is 0 Å². The summed E-state index contributed by atoms with van der Waals surface area (Å²) in [5, 5.41) is 0. The molecule has 0 atom stereocenters. The molecular weight excluding hydrogens is 227 g/mol. The lowest BCUT2D eigenvalue weighted by Gasteiger charge is -2.18. The Labute approximate surface area is 106 Å². The molecule has 0 aliphatic carbocycles. The van der Waals surface area contributed by atoms with Crippen molar-refractivity contribution in [2.75, 3.05) is 4.90 Å². The van der Waals surface area contributed by atoms with Crippen LogP contribution in [0.2, 0.25) is 0 Å². The summed E-state index contributed by atoms with van der Waals surface area (Å²) in [7, 11) is 0. The Bertz CT molecular complexity index is 555. The van der Waals surface area contributed by atoms with E-state index < -0.39 is 0 Å². The van der Waals surface area contributed by atoms with Gasteiger partial charge in [0.2, 0.25) is 0 Å². The minimum atomic E-state index is -0.189. The van der Waals surface area contributed by atoms with Gasteiger partial charge in [0, 0.05) is 19.6 Å². The lowest BCUT2D eigenvalue weighted by molar-refractivity contribution is 0.617. The average Bonchev–Trinajstić information content (AvgIpc) is 2.81. The first-order valence-corrected chi connectivity index (χ1v) is 6.08. The number of hydrogen-bond acceptors (Lipinski definition) is 2. The average molecular weight is 242 g/mol. The molecule has 0 fully saturated rings. The molecule has 0 aromatic heterocycles. The molecule has 0 amide bonds. The smallest absolute Gasteiger partial charge is 0.146 e. The number of nitrogens with two attached hydrogens (primary N) is 1. The summed E-state index contributed by atoms with van der Waals surface area (Å²) in [6.45, 7) is 1.92. The Hall–Kier alpha value is -1.87. The van der Waals surface area contributed by atoms with E-state index >= 15 is 0 Å². The molecule has 3 heteroatoms. The van der Waals surface area contributed by atoms with Crippen LogP contribution in [0.4, 0.5) is 10.1 Å². The summed E-state index contributed by atoms with van der Waals surface area (Å²) in [5.41, 5.74) is 9.55. The Morgan fingerprint density at radius 2 is 1.72 bits per heavy atom. The van der Waals surface area contributed by atoms with Crippen molar-refractivity contribution < 1.29 is 4.39 Å². The van der Waals surface area contributed by atoms with Crippen LogP contribution in [0.1, 0.15) is 16.7 Å². The molecule has 0 unspecified atom stereocenters. The van der Waals surface area contributed by atoms with Crippen LogP contribution >= 0.6 is 0 Å². The van der Waals surface area contributed by atoms with E-state index in [0.29, 0.717) is 12.2 Å². The zero-order valence-corrected chi connectivity index (χ0v) is 10.1. The quantitative estimate of drug-likeness (QED) is 0.877. The standard InChI is InChI=1S/C15H15FN2/c16-14-7-11(8-17)5-6-15(14)18-9-12-3-1-2-4-13(12)10-18/h1-7H,8-10,17H2. The molecule has 1 heterocycles. The van der Waals surface area contributed by atoms with Crippen LogP contribution in [0.3, 0.4) is 0 Å². The predicted octanol–water partition coefficient (Wildman–Crippen LogP) is 2.80. The van der Waals surface area contributed by atoms with E-state index in [2.05, 4.69) is 17.0 Å². The third-order valence-corrected chi connectivity index (χ3v) is 3.43. The topological polar surface area (TPSA) is 29.3 Å². The van der Waals surface area contributed by atoms with Crippen molar-refractivity contribution in [1.29, 1.82) is 0 Å². The number of nitrogens with zero attached hydrogens (tertiary/aromatic N) is 1. The summed E-state index contributed by atoms with van der Waals surface area (Å²) >= 11 is 0. The van der Waals surface area contributed by atoms with E-state index in [0.717, 1.165) is 18.7 Å². The van der Waals surface area contributed by atoms with Crippen molar-refractivity contribution in [1.82, 2.24) is 0 Å². The molecule has 0 radical (unpaired) electrons. The SMILES string of the molecule is NCc1ccc(N2Cc3ccccc3C2)c(F)c1. The van der Waals surface area contributed by atoms with E-state index in [-0.39, 0.29) is 5.82 Å². The first kappa shape index (κ1) is 11.2. The van der Waals surface area contributed by atoms with Crippen LogP contribution in [-0.4, -0.2) is 0 Å². The monoisotopic (exact) mass is 242 g/mol. The van der Waals surface area contributed by atoms with Gasteiger partial charge in [0.15, 0.2) is 0 Å². The van der Waals surface area contributed by atoms with Crippen molar-refractivity contribution in [3.05, 3.63) is 65.0 Å². The van der Waals surface area contributed by atoms with Crippen molar-refractivity contribution in [3.8, 4) is 0 Å². The van der Waals surface area contributed by atoms with Gasteiger partial charge in [-0.05, 0) is 28.8 Å². The fraction of sp³-hybridized carbons (Fsp3) is 0.200. The molecule has 3 rings (SSSR count). The molecule has 1 aliphatic rings. The highest BCUT2D eigenvalue weighted by atomic mass is 19.1. The third-order valence-electron chi connectivity index (χ3n) is 3.43. The minimum absolute atomic E-state index is 0.189. The van der Waals surface area contributed by atoms with Gasteiger partial charge in [0.25, 0.3) is 0 Å². The second kappa shape index (κ2) is 4.42. The summed E-state index contributed by atoms with van der Waals surface area (Å²) in [6, 6.07) is 13.5. The van der Waals surface area contributed by atoms with Crippen LogP contribution in [0.15, 0.2) is 42.5 Å². The largest absolute Gasteiger partial charge is 0.360 e. The second-order valence-electron chi connectivity index (χ2n) is 4.61. The predicted molar refractivity (Wildman–Crippen MR) is 70.6 cm³/mol. The Morgan fingerprint density at radius 3 is 2.28 bits per heavy atom. The van der Waals surface area contributed by atoms with Crippen molar-refractivity contribution >= 4 is 5.69 Å². The highest BCUT2D eigenvalue weighted by Gasteiger charge is 2.20. The molecule has 0 bridgehead atoms. The van der Waals surface area contributed by atoms with E-state index in [1.54, 1.807) is 0 Å². The molecule has 92 valence electrons. The maximum absolute atomic E-state index is 14.0. The van der Waals surface area contributed by atoms with Gasteiger partial charge in [-0.15, -0.1) is 0 Å². The summed E-state index contributed by atoms with van der Waals surface area (Å²) in [6.07, 6.45) is 0. The van der Waals surface area contributed by atoms with E-state index in [1.807, 2.05) is 24.3 Å². The zero-order chi connectivity index (χ0) is 12.5. The van der Waals surface area contributed by atoms with Crippen molar-refractivity contribution in [3.63, 3.8) is 0 Å². The highest BCUT2D eigenvalue weighted by molar-refractivity contribution is 5.53. The Morgan fingerprint density at radius 1 is 1.06 bits per heavy atom. The third kappa shape index (κ3) is 1.87. The molecule has 0 spiro atoms. The van der Waals surface area contributed by atoms with Crippen LogP contribution < -0.4 is 10.6 Å². The van der Waals surface area contributed by atoms with Gasteiger partial charge in [-0.1, -0.05) is 30.3 Å². The van der Waals surface area contributed by atoms with E-state index in [1.165, 1.54) is 17.2 Å². The van der Waals surface area contributed by atoms with Gasteiger partial charge in [-0.25, -0.2) is 4.39 Å². The number of anilines is 1. The zero-order valence-electron chi connectivity index (χ0n) is 10.1. The molecule has 2 nitrogen and oxygen atoms in total. The maximum Gasteiger partial charge on any atom is 0.146 e. The molecule has 2 aromatic rings. The van der Waals surface area contributed by atoms with Gasteiger partial charge in [-0.3, -0.25) is 0 Å². The van der Waals surface area contributed by atoms with Gasteiger partial charge in [0.05, 0.1) is 5.69 Å². The minimum Gasteiger partial charge on any atom is -0.360 e. The number of benzene rings is 2. The fourth-order valence-electron chi connectivity index (χ4n) is 2.44. The second-order valence-corrected chi connectivity index (χ2v) is 4.61. The van der Waals surface area contributed by atoms with Crippen LogP contribution in [0.25, 0.3) is 0 Å². The molecule has 18 heavy (non-hydrogen) atoms. The summed E-state index contributed by atoms with van der Waals surface area (Å²) < 4.78 is 14.0. The number of fused-ring (bicyclic) bond motifs is 1. The van der Waals surface area contributed by atoms with E-state index in [4.69, 9.17) is 5.73 Å². The van der Waals surface area contributed by atoms with Crippen molar-refractivity contribution in [2.24, 2.45) is 5.73 Å². The normalized spacial score (nSPS) is 13.8. The lowest BCUT2D eigenvalue weighted by atomic mass is 10.1. The molecule has 2 aromatic carbocycles. The van der Waals surface area contributed by atoms with Crippen LogP contribution in [-0.2, 0) is 19.6 Å². The first-order valence-electron chi connectivity index (χ1n) is 6.08. The molecule has 1 aliphatic heterocycles. The molecule has 0 saturated carbocycles. The van der Waals surface area contributed by atoms with E-state index in [9.17, 15) is 4.39 Å². The first-order chi connectivity index (χ1) is 8.78. The lowest BCUT2D eigenvalue weighted by Crippen LogP contribution is -2.16. The van der Waals surface area contributed by atoms with Gasteiger partial charge in [0.1, 0.15) is 5.82 Å². The molecule has 0 saturated heterocycles. The van der Waals surface area contributed by atoms with Crippen LogP contribution in [0, 0.1) is 5.82 Å². The Kier molecular flexibility index (Phi) is 2.76. The summed E-state index contributed by atoms with van der Waals surface area (Å²) in [5.74, 6) is -0.189. The molecule has 2 N–H and O–H groups in total. The van der Waals surface area contributed by atoms with Gasteiger partial charge < -0.3 is 10.6 Å². The number of hydrogen-bond donors (Lipinski definition) is 1. The van der Waals surface area contributed by atoms with Crippen molar-refractivity contribution in [2.45, 2.75) is 19.6 Å². The highest BCUT2D eigenvalue weighted by Crippen LogP contribution is 2.30. The van der Waals surface area contributed by atoms with Gasteiger partial charge >= 0.3 is 0 Å². The number of halogens is 1. The van der Waals surface area contributed by atoms with Gasteiger partial charge in [-0.2, -0.15) is 0 Å². The maximum atomic E-state index is 14.0. The summed E-state index contributed by atoms with van der Waals surface area (Å²) in [4.78, 5) is 2.06. The Balaban J connectivity index is 1.90. The molecular formula is C15H15FN2. The number of rotatable bonds is 2.